The molecule has 1 aromatic heterocycles. The highest BCUT2D eigenvalue weighted by Gasteiger charge is 2.19. The zero-order chi connectivity index (χ0) is 19.1. The molecule has 0 fully saturated rings. The number of anilines is 1. The molecule has 0 atom stereocenters. The molecule has 2 amide bonds. The number of benzene rings is 1. The summed E-state index contributed by atoms with van der Waals surface area (Å²) in [5, 5.41) is 4.80. The van der Waals surface area contributed by atoms with Gasteiger partial charge in [0.1, 0.15) is 0 Å². The number of likely N-dealkylation sites (N-methyl/N-ethyl adjacent to an activating group) is 1. The lowest BCUT2D eigenvalue weighted by molar-refractivity contribution is -0.134. The SMILES string of the molecule is CCN(CC)C(=O)COC(=O)c1ccc(Cl)cc1NC(=O)c1cccs1. The van der Waals surface area contributed by atoms with Crippen LogP contribution in [-0.2, 0) is 9.53 Å². The van der Waals surface area contributed by atoms with Crippen LogP contribution in [0.1, 0.15) is 33.9 Å². The van der Waals surface area contributed by atoms with E-state index in [9.17, 15) is 14.4 Å². The number of amides is 2. The number of thiophene rings is 1. The first-order chi connectivity index (χ1) is 12.5. The predicted octanol–water partition coefficient (Wildman–Crippen LogP) is 3.68. The smallest absolute Gasteiger partial charge is 0.340 e. The maximum Gasteiger partial charge on any atom is 0.340 e. The molecule has 0 aliphatic rings. The van der Waals surface area contributed by atoms with Crippen molar-refractivity contribution in [1.29, 1.82) is 0 Å². The summed E-state index contributed by atoms with van der Waals surface area (Å²) in [5.41, 5.74) is 0.364. The van der Waals surface area contributed by atoms with Crippen molar-refractivity contribution in [3.8, 4) is 0 Å². The molecule has 0 spiro atoms. The first kappa shape index (κ1) is 19.9. The van der Waals surface area contributed by atoms with Crippen LogP contribution in [0.2, 0.25) is 5.02 Å². The quantitative estimate of drug-likeness (QED) is 0.727. The van der Waals surface area contributed by atoms with E-state index in [0.29, 0.717) is 23.0 Å². The van der Waals surface area contributed by atoms with Crippen molar-refractivity contribution in [1.82, 2.24) is 4.90 Å². The van der Waals surface area contributed by atoms with Gasteiger partial charge in [0.25, 0.3) is 11.8 Å². The molecule has 0 saturated carbocycles. The van der Waals surface area contributed by atoms with E-state index in [4.69, 9.17) is 16.3 Å². The highest BCUT2D eigenvalue weighted by atomic mass is 35.5. The summed E-state index contributed by atoms with van der Waals surface area (Å²) in [6, 6.07) is 7.87. The highest BCUT2D eigenvalue weighted by Crippen LogP contribution is 2.23. The fourth-order valence-corrected chi connectivity index (χ4v) is 3.05. The number of rotatable bonds is 7. The van der Waals surface area contributed by atoms with Crippen LogP contribution in [0.5, 0.6) is 0 Å². The van der Waals surface area contributed by atoms with Gasteiger partial charge in [0, 0.05) is 18.1 Å². The van der Waals surface area contributed by atoms with Gasteiger partial charge in [0.05, 0.1) is 16.1 Å². The van der Waals surface area contributed by atoms with Gasteiger partial charge in [-0.3, -0.25) is 9.59 Å². The van der Waals surface area contributed by atoms with Crippen LogP contribution in [0.15, 0.2) is 35.7 Å². The average Bonchev–Trinajstić information content (AvgIpc) is 3.15. The second kappa shape index (κ2) is 9.35. The number of hydrogen-bond donors (Lipinski definition) is 1. The van der Waals surface area contributed by atoms with E-state index in [1.165, 1.54) is 29.5 Å². The van der Waals surface area contributed by atoms with Gasteiger partial charge in [-0.25, -0.2) is 4.79 Å². The van der Waals surface area contributed by atoms with Crippen molar-refractivity contribution < 1.29 is 19.1 Å². The van der Waals surface area contributed by atoms with Crippen LogP contribution in [0.4, 0.5) is 5.69 Å². The molecule has 2 rings (SSSR count). The third-order valence-corrected chi connectivity index (χ3v) is 4.74. The molecule has 0 radical (unpaired) electrons. The second-order valence-electron chi connectivity index (χ2n) is 5.26. The summed E-state index contributed by atoms with van der Waals surface area (Å²) in [6.45, 7) is 4.41. The standard InChI is InChI=1S/C18H19ClN2O4S/c1-3-21(4-2)16(22)11-25-18(24)13-8-7-12(19)10-14(13)20-17(23)15-6-5-9-26-15/h5-10H,3-4,11H2,1-2H3,(H,20,23). The highest BCUT2D eigenvalue weighted by molar-refractivity contribution is 7.12. The topological polar surface area (TPSA) is 75.7 Å². The number of nitrogens with one attached hydrogen (secondary N) is 1. The number of esters is 1. The van der Waals surface area contributed by atoms with Crippen LogP contribution in [0.3, 0.4) is 0 Å². The molecule has 1 N–H and O–H groups in total. The van der Waals surface area contributed by atoms with Gasteiger partial charge >= 0.3 is 5.97 Å². The monoisotopic (exact) mass is 394 g/mol. The lowest BCUT2D eigenvalue weighted by atomic mass is 10.1. The maximum atomic E-state index is 12.4. The van der Waals surface area contributed by atoms with Gasteiger partial charge in [-0.05, 0) is 43.5 Å². The van der Waals surface area contributed by atoms with Crippen molar-refractivity contribution in [2.75, 3.05) is 25.0 Å². The Hall–Kier alpha value is -2.38. The molecule has 0 saturated heterocycles. The fraction of sp³-hybridized carbons (Fsp3) is 0.278. The van der Waals surface area contributed by atoms with Crippen LogP contribution < -0.4 is 5.32 Å². The Morgan fingerprint density at radius 1 is 1.19 bits per heavy atom. The van der Waals surface area contributed by atoms with Crippen LogP contribution in [-0.4, -0.2) is 42.4 Å². The summed E-state index contributed by atoms with van der Waals surface area (Å²) < 4.78 is 5.11. The first-order valence-corrected chi connectivity index (χ1v) is 9.31. The zero-order valence-electron chi connectivity index (χ0n) is 14.5. The molecule has 0 aliphatic heterocycles. The third-order valence-electron chi connectivity index (χ3n) is 3.64. The van der Waals surface area contributed by atoms with E-state index < -0.39 is 5.97 Å². The molecular formula is C18H19ClN2O4S. The van der Waals surface area contributed by atoms with E-state index in [-0.39, 0.29) is 29.7 Å². The van der Waals surface area contributed by atoms with Crippen LogP contribution >= 0.6 is 22.9 Å². The predicted molar refractivity (Wildman–Crippen MR) is 102 cm³/mol. The molecule has 8 heteroatoms. The van der Waals surface area contributed by atoms with Crippen LogP contribution in [0.25, 0.3) is 0 Å². The molecule has 26 heavy (non-hydrogen) atoms. The van der Waals surface area contributed by atoms with Crippen molar-refractivity contribution in [2.45, 2.75) is 13.8 Å². The fourth-order valence-electron chi connectivity index (χ4n) is 2.26. The first-order valence-electron chi connectivity index (χ1n) is 8.05. The molecule has 6 nitrogen and oxygen atoms in total. The van der Waals surface area contributed by atoms with Crippen LogP contribution in [0, 0.1) is 0 Å². The zero-order valence-corrected chi connectivity index (χ0v) is 16.0. The summed E-state index contributed by atoms with van der Waals surface area (Å²) in [4.78, 5) is 38.6. The Bertz CT molecular complexity index is 788. The summed E-state index contributed by atoms with van der Waals surface area (Å²) in [6.07, 6.45) is 0. The number of carbonyl (C=O) groups is 3. The van der Waals surface area contributed by atoms with E-state index >= 15 is 0 Å². The van der Waals surface area contributed by atoms with Crippen molar-refractivity contribution in [3.05, 3.63) is 51.2 Å². The molecule has 138 valence electrons. The lowest BCUT2D eigenvalue weighted by Gasteiger charge is -2.18. The Kier molecular flexibility index (Phi) is 7.17. The van der Waals surface area contributed by atoms with Gasteiger partial charge in [-0.2, -0.15) is 0 Å². The van der Waals surface area contributed by atoms with E-state index in [1.807, 2.05) is 13.8 Å². The lowest BCUT2D eigenvalue weighted by Crippen LogP contribution is -2.34. The number of carbonyl (C=O) groups excluding carboxylic acids is 3. The van der Waals surface area contributed by atoms with Crippen molar-refractivity contribution >= 4 is 46.4 Å². The Morgan fingerprint density at radius 2 is 1.92 bits per heavy atom. The van der Waals surface area contributed by atoms with Crippen molar-refractivity contribution in [3.63, 3.8) is 0 Å². The average molecular weight is 395 g/mol. The molecule has 1 heterocycles. The van der Waals surface area contributed by atoms with Gasteiger partial charge in [-0.15, -0.1) is 11.3 Å². The molecular weight excluding hydrogens is 376 g/mol. The molecule has 1 aromatic carbocycles. The molecule has 0 bridgehead atoms. The number of ether oxygens (including phenoxy) is 1. The van der Waals surface area contributed by atoms with E-state index in [0.717, 1.165) is 0 Å². The normalized spacial score (nSPS) is 10.3. The Balaban J connectivity index is 2.12. The van der Waals surface area contributed by atoms with Gasteiger partial charge in [0.2, 0.25) is 0 Å². The minimum Gasteiger partial charge on any atom is -0.452 e. The summed E-state index contributed by atoms with van der Waals surface area (Å²) in [5.74, 6) is -1.33. The third kappa shape index (κ3) is 5.06. The van der Waals surface area contributed by atoms with Gasteiger partial charge in [0.15, 0.2) is 6.61 Å². The van der Waals surface area contributed by atoms with Gasteiger partial charge < -0.3 is 15.0 Å². The minimum absolute atomic E-state index is 0.131. The van der Waals surface area contributed by atoms with E-state index in [1.54, 1.807) is 22.4 Å². The second-order valence-corrected chi connectivity index (χ2v) is 6.65. The minimum atomic E-state index is -0.705. The Morgan fingerprint density at radius 3 is 2.54 bits per heavy atom. The molecule has 2 aromatic rings. The molecule has 0 aliphatic carbocycles. The van der Waals surface area contributed by atoms with Crippen molar-refractivity contribution in [2.24, 2.45) is 0 Å². The summed E-state index contributed by atoms with van der Waals surface area (Å²) >= 11 is 7.25. The number of nitrogens with zero attached hydrogens (tertiary/aromatic N) is 1. The maximum absolute atomic E-state index is 12.4. The summed E-state index contributed by atoms with van der Waals surface area (Å²) in [7, 11) is 0. The van der Waals surface area contributed by atoms with E-state index in [2.05, 4.69) is 5.32 Å². The largest absolute Gasteiger partial charge is 0.452 e. The Labute approximate surface area is 160 Å². The molecule has 0 unspecified atom stereocenters. The number of hydrogen-bond acceptors (Lipinski definition) is 5. The van der Waals surface area contributed by atoms with Gasteiger partial charge in [-0.1, -0.05) is 17.7 Å². The number of halogens is 1.